The first-order valence-corrected chi connectivity index (χ1v) is 8.12. The maximum absolute atomic E-state index is 12.6. The van der Waals surface area contributed by atoms with E-state index in [0.29, 0.717) is 35.2 Å². The summed E-state index contributed by atoms with van der Waals surface area (Å²) in [4.78, 5) is 28.1. The molecule has 22 heavy (non-hydrogen) atoms. The number of amides is 2. The molecule has 1 aromatic carbocycles. The van der Waals surface area contributed by atoms with Gasteiger partial charge in [-0.3, -0.25) is 9.59 Å². The minimum absolute atomic E-state index is 0.0257. The second kappa shape index (κ2) is 6.88. The predicted octanol–water partition coefficient (Wildman–Crippen LogP) is 3.60. The van der Waals surface area contributed by atoms with E-state index in [1.165, 1.54) is 0 Å². The molecule has 1 aliphatic rings. The van der Waals surface area contributed by atoms with E-state index in [-0.39, 0.29) is 17.7 Å². The highest BCUT2D eigenvalue weighted by Gasteiger charge is 2.35. The van der Waals surface area contributed by atoms with Gasteiger partial charge in [-0.1, -0.05) is 37.0 Å². The summed E-state index contributed by atoms with van der Waals surface area (Å²) in [5.74, 6) is 0.184. The van der Waals surface area contributed by atoms with Crippen LogP contribution in [0.25, 0.3) is 0 Å². The van der Waals surface area contributed by atoms with Gasteiger partial charge in [0.1, 0.15) is 6.04 Å². The average Bonchev–Trinajstić information content (AvgIpc) is 2.41. The number of anilines is 1. The summed E-state index contributed by atoms with van der Waals surface area (Å²) in [5, 5.41) is 0.968. The number of carbonyl (C=O) groups is 2. The van der Waals surface area contributed by atoms with Gasteiger partial charge in [0.05, 0.1) is 10.7 Å². The Kier molecular flexibility index (Phi) is 5.35. The lowest BCUT2D eigenvalue weighted by molar-refractivity contribution is -0.141. The Morgan fingerprint density at radius 3 is 2.59 bits per heavy atom. The van der Waals surface area contributed by atoms with Gasteiger partial charge in [-0.2, -0.15) is 0 Å². The van der Waals surface area contributed by atoms with Crippen molar-refractivity contribution in [2.75, 3.05) is 18.0 Å². The second-order valence-corrected chi connectivity index (χ2v) is 6.79. The summed E-state index contributed by atoms with van der Waals surface area (Å²) in [6, 6.07) is 4.58. The molecule has 1 fully saturated rings. The molecule has 2 rings (SSSR count). The Bertz CT molecular complexity index is 590. The van der Waals surface area contributed by atoms with Gasteiger partial charge in [0.15, 0.2) is 0 Å². The molecule has 2 amide bonds. The lowest BCUT2D eigenvalue weighted by Gasteiger charge is -2.39. The molecular formula is C16H20Cl2N2O2. The van der Waals surface area contributed by atoms with Gasteiger partial charge in [0.25, 0.3) is 0 Å². The van der Waals surface area contributed by atoms with Gasteiger partial charge in [-0.05, 0) is 31.0 Å². The summed E-state index contributed by atoms with van der Waals surface area (Å²) in [6.07, 6.45) is 0.458. The fourth-order valence-corrected chi connectivity index (χ4v) is 3.13. The maximum atomic E-state index is 12.6. The van der Waals surface area contributed by atoms with Crippen LogP contribution in [-0.4, -0.2) is 35.8 Å². The third-order valence-corrected chi connectivity index (χ3v) is 4.30. The first kappa shape index (κ1) is 17.1. The summed E-state index contributed by atoms with van der Waals surface area (Å²) >= 11 is 12.1. The molecule has 0 N–H and O–H groups in total. The van der Waals surface area contributed by atoms with Crippen molar-refractivity contribution in [3.63, 3.8) is 0 Å². The van der Waals surface area contributed by atoms with E-state index in [1.54, 1.807) is 34.9 Å². The third-order valence-electron chi connectivity index (χ3n) is 3.76. The van der Waals surface area contributed by atoms with E-state index in [0.717, 1.165) is 0 Å². The zero-order chi connectivity index (χ0) is 16.4. The Hall–Kier alpha value is -1.26. The number of hydrogen-bond acceptors (Lipinski definition) is 2. The third kappa shape index (κ3) is 3.55. The number of rotatable bonds is 3. The van der Waals surface area contributed by atoms with Crippen LogP contribution >= 0.6 is 23.2 Å². The lowest BCUT2D eigenvalue weighted by Crippen LogP contribution is -2.58. The number of piperazine rings is 1. The van der Waals surface area contributed by atoms with E-state index in [2.05, 4.69) is 0 Å². The molecule has 4 nitrogen and oxygen atoms in total. The smallest absolute Gasteiger partial charge is 0.249 e. The number of nitrogens with zero attached hydrogens (tertiary/aromatic N) is 2. The molecule has 0 radical (unpaired) electrons. The Morgan fingerprint density at radius 2 is 2.00 bits per heavy atom. The van der Waals surface area contributed by atoms with E-state index in [1.807, 2.05) is 13.8 Å². The van der Waals surface area contributed by atoms with Crippen molar-refractivity contribution >= 4 is 40.7 Å². The predicted molar refractivity (Wildman–Crippen MR) is 89.4 cm³/mol. The van der Waals surface area contributed by atoms with Crippen molar-refractivity contribution < 1.29 is 9.59 Å². The van der Waals surface area contributed by atoms with Crippen molar-refractivity contribution in [1.82, 2.24) is 4.90 Å². The molecule has 1 heterocycles. The zero-order valence-electron chi connectivity index (χ0n) is 13.0. The van der Waals surface area contributed by atoms with E-state index in [9.17, 15) is 9.59 Å². The molecule has 120 valence electrons. The fourth-order valence-electron chi connectivity index (χ4n) is 2.62. The highest BCUT2D eigenvalue weighted by Crippen LogP contribution is 2.31. The van der Waals surface area contributed by atoms with Gasteiger partial charge in [-0.25, -0.2) is 0 Å². The Balaban J connectivity index is 2.17. The summed E-state index contributed by atoms with van der Waals surface area (Å²) in [6.45, 7) is 6.70. The normalized spacial score (nSPS) is 19.0. The summed E-state index contributed by atoms with van der Waals surface area (Å²) in [5.41, 5.74) is 0.638. The zero-order valence-corrected chi connectivity index (χ0v) is 14.5. The van der Waals surface area contributed by atoms with Crippen LogP contribution < -0.4 is 4.90 Å². The van der Waals surface area contributed by atoms with Gasteiger partial charge in [0, 0.05) is 24.5 Å². The molecule has 1 aliphatic heterocycles. The van der Waals surface area contributed by atoms with Crippen LogP contribution in [0.2, 0.25) is 10.0 Å². The molecule has 0 bridgehead atoms. The molecule has 0 spiro atoms. The minimum Gasteiger partial charge on any atom is -0.329 e. The van der Waals surface area contributed by atoms with Crippen LogP contribution in [-0.2, 0) is 9.59 Å². The van der Waals surface area contributed by atoms with Crippen molar-refractivity contribution in [1.29, 1.82) is 0 Å². The van der Waals surface area contributed by atoms with Crippen LogP contribution in [0.1, 0.15) is 27.2 Å². The van der Waals surface area contributed by atoms with Gasteiger partial charge in [-0.15, -0.1) is 0 Å². The SMILES string of the molecule is CC(C)CC(=O)N1CCN(c2ccc(Cl)cc2Cl)C(=O)C1C. The maximum Gasteiger partial charge on any atom is 0.249 e. The lowest BCUT2D eigenvalue weighted by atomic mass is 10.1. The number of hydrogen-bond donors (Lipinski definition) is 0. The molecule has 0 aliphatic carbocycles. The molecule has 0 aromatic heterocycles. The van der Waals surface area contributed by atoms with Gasteiger partial charge >= 0.3 is 0 Å². The van der Waals surface area contributed by atoms with E-state index in [4.69, 9.17) is 23.2 Å². The van der Waals surface area contributed by atoms with Crippen molar-refractivity contribution in [2.24, 2.45) is 5.92 Å². The molecular weight excluding hydrogens is 323 g/mol. The molecule has 1 aromatic rings. The summed E-state index contributed by atoms with van der Waals surface area (Å²) < 4.78 is 0. The first-order chi connectivity index (χ1) is 10.3. The molecule has 1 unspecified atom stereocenters. The van der Waals surface area contributed by atoms with Crippen LogP contribution in [0.5, 0.6) is 0 Å². The highest BCUT2D eigenvalue weighted by molar-refractivity contribution is 6.36. The number of carbonyl (C=O) groups excluding carboxylic acids is 2. The topological polar surface area (TPSA) is 40.6 Å². The molecule has 0 saturated carbocycles. The van der Waals surface area contributed by atoms with Crippen molar-refractivity contribution in [2.45, 2.75) is 33.2 Å². The van der Waals surface area contributed by atoms with E-state index >= 15 is 0 Å². The standard InChI is InChI=1S/C16H20Cl2N2O2/c1-10(2)8-15(21)19-6-7-20(16(22)11(19)3)14-5-4-12(17)9-13(14)18/h4-5,9-11H,6-8H2,1-3H3. The highest BCUT2D eigenvalue weighted by atomic mass is 35.5. The number of benzene rings is 1. The average molecular weight is 343 g/mol. The van der Waals surface area contributed by atoms with E-state index < -0.39 is 6.04 Å². The summed E-state index contributed by atoms with van der Waals surface area (Å²) in [7, 11) is 0. The quantitative estimate of drug-likeness (QED) is 0.841. The Labute approximate surface area is 141 Å². The minimum atomic E-state index is -0.480. The molecule has 1 atom stereocenters. The van der Waals surface area contributed by atoms with Crippen LogP contribution in [0, 0.1) is 5.92 Å². The second-order valence-electron chi connectivity index (χ2n) is 5.95. The van der Waals surface area contributed by atoms with Crippen LogP contribution in [0.4, 0.5) is 5.69 Å². The van der Waals surface area contributed by atoms with Crippen LogP contribution in [0.15, 0.2) is 18.2 Å². The Morgan fingerprint density at radius 1 is 1.32 bits per heavy atom. The monoisotopic (exact) mass is 342 g/mol. The van der Waals surface area contributed by atoms with Gasteiger partial charge < -0.3 is 9.80 Å². The fraction of sp³-hybridized carbons (Fsp3) is 0.500. The van der Waals surface area contributed by atoms with Gasteiger partial charge in [0.2, 0.25) is 11.8 Å². The van der Waals surface area contributed by atoms with Crippen molar-refractivity contribution in [3.05, 3.63) is 28.2 Å². The number of halogens is 2. The molecule has 6 heteroatoms. The van der Waals surface area contributed by atoms with Crippen molar-refractivity contribution in [3.8, 4) is 0 Å². The first-order valence-electron chi connectivity index (χ1n) is 7.37. The molecule has 1 saturated heterocycles. The largest absolute Gasteiger partial charge is 0.329 e. The van der Waals surface area contributed by atoms with Crippen LogP contribution in [0.3, 0.4) is 0 Å².